The Labute approximate surface area is 101 Å². The van der Waals surface area contributed by atoms with Gasteiger partial charge in [0.1, 0.15) is 0 Å². The predicted molar refractivity (Wildman–Crippen MR) is 73.0 cm³/mol. The maximum atomic E-state index is 2.32. The first-order valence-corrected chi connectivity index (χ1v) is 6.26. The largest absolute Gasteiger partial charge is 0.0619 e. The quantitative estimate of drug-likeness (QED) is 0.661. The third-order valence-corrected chi connectivity index (χ3v) is 3.94. The highest BCUT2D eigenvalue weighted by molar-refractivity contribution is 5.31. The summed E-state index contributed by atoms with van der Waals surface area (Å²) in [7, 11) is 0. The average Bonchev–Trinajstić information content (AvgIpc) is 2.16. The zero-order valence-electron chi connectivity index (χ0n) is 11.9. The van der Waals surface area contributed by atoms with Crippen molar-refractivity contribution in [1.82, 2.24) is 0 Å². The van der Waals surface area contributed by atoms with E-state index in [0.717, 1.165) is 0 Å². The summed E-state index contributed by atoms with van der Waals surface area (Å²) >= 11 is 0. The minimum Gasteiger partial charge on any atom is -0.0619 e. The van der Waals surface area contributed by atoms with Gasteiger partial charge in [-0.25, -0.2) is 0 Å². The third kappa shape index (κ3) is 2.66. The molecule has 0 aliphatic rings. The monoisotopic (exact) mass is 218 g/mol. The molecular formula is C16H26. The Balaban J connectivity index is 3.05. The molecule has 0 aliphatic heterocycles. The van der Waals surface area contributed by atoms with E-state index >= 15 is 0 Å². The van der Waals surface area contributed by atoms with E-state index in [9.17, 15) is 0 Å². The van der Waals surface area contributed by atoms with Gasteiger partial charge in [-0.15, -0.1) is 0 Å². The van der Waals surface area contributed by atoms with Gasteiger partial charge in [-0.2, -0.15) is 0 Å². The predicted octanol–water partition coefficient (Wildman–Crippen LogP) is 4.92. The van der Waals surface area contributed by atoms with Crippen LogP contribution in [0.5, 0.6) is 0 Å². The van der Waals surface area contributed by atoms with Gasteiger partial charge in [-0.1, -0.05) is 72.7 Å². The van der Waals surface area contributed by atoms with Gasteiger partial charge >= 0.3 is 0 Å². The normalized spacial score (nSPS) is 13.2. The van der Waals surface area contributed by atoms with E-state index in [1.54, 1.807) is 0 Å². The lowest BCUT2D eigenvalue weighted by Gasteiger charge is -2.30. The van der Waals surface area contributed by atoms with Crippen molar-refractivity contribution in [3.05, 3.63) is 35.4 Å². The molecule has 1 aromatic rings. The molecule has 0 unspecified atom stereocenters. The minimum absolute atomic E-state index is 0.250. The Bertz CT molecular complexity index is 333. The van der Waals surface area contributed by atoms with Gasteiger partial charge in [0.25, 0.3) is 0 Å². The summed E-state index contributed by atoms with van der Waals surface area (Å²) in [6.07, 6.45) is 0. The highest BCUT2D eigenvalue weighted by Gasteiger charge is 2.25. The molecule has 1 rings (SSSR count). The smallest absolute Gasteiger partial charge is 0.00806 e. The number of rotatable bonds is 2. The molecule has 0 N–H and O–H groups in total. The molecule has 16 heavy (non-hydrogen) atoms. The van der Waals surface area contributed by atoms with Crippen LogP contribution < -0.4 is 0 Å². The van der Waals surface area contributed by atoms with Crippen molar-refractivity contribution >= 4 is 0 Å². The van der Waals surface area contributed by atoms with E-state index in [1.807, 2.05) is 0 Å². The van der Waals surface area contributed by atoms with E-state index < -0.39 is 0 Å². The Morgan fingerprint density at radius 2 is 1.12 bits per heavy atom. The van der Waals surface area contributed by atoms with Gasteiger partial charge in [-0.05, 0) is 27.9 Å². The van der Waals surface area contributed by atoms with E-state index in [-0.39, 0.29) is 10.8 Å². The summed E-state index contributed by atoms with van der Waals surface area (Å²) < 4.78 is 0. The summed E-state index contributed by atoms with van der Waals surface area (Å²) in [5, 5.41) is 0. The molecule has 0 fully saturated rings. The second-order valence-corrected chi connectivity index (χ2v) is 6.70. The van der Waals surface area contributed by atoms with Crippen LogP contribution in [0.15, 0.2) is 24.3 Å². The second kappa shape index (κ2) is 4.24. The fraction of sp³-hybridized carbons (Fsp3) is 0.625. The van der Waals surface area contributed by atoms with Crippen molar-refractivity contribution < 1.29 is 0 Å². The summed E-state index contributed by atoms with van der Waals surface area (Å²) in [5.41, 5.74) is 3.36. The summed E-state index contributed by atoms with van der Waals surface area (Å²) in [6.45, 7) is 16.0. The summed E-state index contributed by atoms with van der Waals surface area (Å²) in [6, 6.07) is 9.14. The lowest BCUT2D eigenvalue weighted by atomic mass is 9.74. The van der Waals surface area contributed by atoms with Crippen LogP contribution in [0.3, 0.4) is 0 Å². The average molecular weight is 218 g/mol. The highest BCUT2D eigenvalue weighted by atomic mass is 14.3. The number of benzene rings is 1. The van der Waals surface area contributed by atoms with Crippen LogP contribution in [-0.4, -0.2) is 0 Å². The zero-order chi connectivity index (χ0) is 12.6. The zero-order valence-corrected chi connectivity index (χ0v) is 11.9. The minimum atomic E-state index is 0.250. The second-order valence-electron chi connectivity index (χ2n) is 6.70. The van der Waals surface area contributed by atoms with Gasteiger partial charge in [0.15, 0.2) is 0 Å². The van der Waals surface area contributed by atoms with E-state index in [0.29, 0.717) is 5.92 Å². The van der Waals surface area contributed by atoms with Gasteiger partial charge in [0, 0.05) is 0 Å². The molecule has 0 aromatic heterocycles. The SMILES string of the molecule is CC(C)C(C)(C)c1ccc(C(C)(C)C)cc1. The van der Waals surface area contributed by atoms with Crippen LogP contribution >= 0.6 is 0 Å². The molecule has 0 amide bonds. The topological polar surface area (TPSA) is 0 Å². The van der Waals surface area contributed by atoms with Crippen LogP contribution in [0.4, 0.5) is 0 Å². The molecule has 0 nitrogen and oxygen atoms in total. The first-order chi connectivity index (χ1) is 7.15. The molecule has 90 valence electrons. The molecule has 0 spiro atoms. The van der Waals surface area contributed by atoms with Crippen LogP contribution in [-0.2, 0) is 10.8 Å². The molecule has 0 heteroatoms. The van der Waals surface area contributed by atoms with Gasteiger partial charge < -0.3 is 0 Å². The standard InChI is InChI=1S/C16H26/c1-12(2)16(6,7)14-10-8-13(9-11-14)15(3,4)5/h8-12H,1-7H3. The lowest BCUT2D eigenvalue weighted by molar-refractivity contribution is 0.372. The van der Waals surface area contributed by atoms with E-state index in [4.69, 9.17) is 0 Å². The van der Waals surface area contributed by atoms with E-state index in [1.165, 1.54) is 11.1 Å². The van der Waals surface area contributed by atoms with Crippen LogP contribution in [0.2, 0.25) is 0 Å². The Morgan fingerprint density at radius 3 is 1.44 bits per heavy atom. The molecule has 0 heterocycles. The Morgan fingerprint density at radius 1 is 0.750 bits per heavy atom. The molecule has 0 aliphatic carbocycles. The molecule has 0 saturated heterocycles. The van der Waals surface area contributed by atoms with Gasteiger partial charge in [0.05, 0.1) is 0 Å². The maximum Gasteiger partial charge on any atom is -0.00806 e. The van der Waals surface area contributed by atoms with Crippen molar-refractivity contribution in [2.45, 2.75) is 59.3 Å². The van der Waals surface area contributed by atoms with E-state index in [2.05, 4.69) is 72.7 Å². The van der Waals surface area contributed by atoms with Crippen molar-refractivity contribution in [1.29, 1.82) is 0 Å². The molecule has 0 saturated carbocycles. The van der Waals surface area contributed by atoms with Crippen molar-refractivity contribution in [3.63, 3.8) is 0 Å². The van der Waals surface area contributed by atoms with Crippen LogP contribution in [0.1, 0.15) is 59.6 Å². The lowest BCUT2D eigenvalue weighted by Crippen LogP contribution is -2.24. The van der Waals surface area contributed by atoms with Crippen LogP contribution in [0, 0.1) is 5.92 Å². The van der Waals surface area contributed by atoms with Crippen molar-refractivity contribution in [3.8, 4) is 0 Å². The molecule has 0 radical (unpaired) electrons. The summed E-state index contributed by atoms with van der Waals surface area (Å²) in [5.74, 6) is 0.660. The van der Waals surface area contributed by atoms with Crippen molar-refractivity contribution in [2.24, 2.45) is 5.92 Å². The van der Waals surface area contributed by atoms with Gasteiger partial charge in [-0.3, -0.25) is 0 Å². The highest BCUT2D eigenvalue weighted by Crippen LogP contribution is 2.32. The fourth-order valence-corrected chi connectivity index (χ4v) is 1.73. The molecule has 1 aromatic carbocycles. The van der Waals surface area contributed by atoms with Crippen molar-refractivity contribution in [2.75, 3.05) is 0 Å². The third-order valence-electron chi connectivity index (χ3n) is 3.94. The number of hydrogen-bond acceptors (Lipinski definition) is 0. The van der Waals surface area contributed by atoms with Crippen LogP contribution in [0.25, 0.3) is 0 Å². The first-order valence-electron chi connectivity index (χ1n) is 6.26. The number of hydrogen-bond donors (Lipinski definition) is 0. The molecular weight excluding hydrogens is 192 g/mol. The maximum absolute atomic E-state index is 2.32. The summed E-state index contributed by atoms with van der Waals surface area (Å²) in [4.78, 5) is 0. The Kier molecular flexibility index (Phi) is 3.52. The fourth-order valence-electron chi connectivity index (χ4n) is 1.73. The molecule has 0 bridgehead atoms. The molecule has 0 atom stereocenters. The first kappa shape index (κ1) is 13.3. The Hall–Kier alpha value is -0.780. The van der Waals surface area contributed by atoms with Gasteiger partial charge in [0.2, 0.25) is 0 Å².